The van der Waals surface area contributed by atoms with Crippen LogP contribution in [-0.4, -0.2) is 67.1 Å². The number of hydrogen-bond acceptors (Lipinski definition) is 4. The standard InChI is InChI=1S/C12H27N3S/c1-3-5-14-6-8-15(9-7-14)11-12(13)4-10-16-2/h12H,3-11,13H2,1-2H3. The van der Waals surface area contributed by atoms with Crippen molar-refractivity contribution in [3.63, 3.8) is 0 Å². The average molecular weight is 245 g/mol. The second-order valence-corrected chi connectivity index (χ2v) is 5.67. The van der Waals surface area contributed by atoms with Gasteiger partial charge in [-0.3, -0.25) is 4.90 Å². The summed E-state index contributed by atoms with van der Waals surface area (Å²) in [6.07, 6.45) is 4.57. The van der Waals surface area contributed by atoms with Crippen molar-refractivity contribution in [1.29, 1.82) is 0 Å². The van der Waals surface area contributed by atoms with Crippen LogP contribution >= 0.6 is 11.8 Å². The van der Waals surface area contributed by atoms with E-state index in [9.17, 15) is 0 Å². The number of thioether (sulfide) groups is 1. The van der Waals surface area contributed by atoms with E-state index in [2.05, 4.69) is 23.0 Å². The van der Waals surface area contributed by atoms with E-state index in [4.69, 9.17) is 5.73 Å². The van der Waals surface area contributed by atoms with Gasteiger partial charge in [-0.1, -0.05) is 6.92 Å². The van der Waals surface area contributed by atoms with Gasteiger partial charge in [0.2, 0.25) is 0 Å². The van der Waals surface area contributed by atoms with Crippen LogP contribution in [0.2, 0.25) is 0 Å². The summed E-state index contributed by atoms with van der Waals surface area (Å²) in [6.45, 7) is 9.45. The first-order valence-electron chi connectivity index (χ1n) is 6.45. The molecule has 16 heavy (non-hydrogen) atoms. The molecule has 0 aromatic heterocycles. The molecule has 0 radical (unpaired) electrons. The summed E-state index contributed by atoms with van der Waals surface area (Å²) < 4.78 is 0. The lowest BCUT2D eigenvalue weighted by atomic mass is 10.2. The molecule has 1 heterocycles. The molecule has 0 aromatic rings. The maximum absolute atomic E-state index is 6.12. The van der Waals surface area contributed by atoms with Crippen LogP contribution in [0.25, 0.3) is 0 Å². The zero-order chi connectivity index (χ0) is 11.8. The van der Waals surface area contributed by atoms with Crippen molar-refractivity contribution in [3.8, 4) is 0 Å². The molecule has 0 aliphatic carbocycles. The minimum Gasteiger partial charge on any atom is -0.327 e. The van der Waals surface area contributed by atoms with Gasteiger partial charge in [-0.2, -0.15) is 11.8 Å². The summed E-state index contributed by atoms with van der Waals surface area (Å²) >= 11 is 1.89. The molecule has 0 saturated carbocycles. The zero-order valence-corrected chi connectivity index (χ0v) is 11.6. The molecule has 1 saturated heterocycles. The minimum atomic E-state index is 0.366. The molecule has 1 rings (SSSR count). The van der Waals surface area contributed by atoms with Crippen molar-refractivity contribution < 1.29 is 0 Å². The lowest BCUT2D eigenvalue weighted by Gasteiger charge is -2.35. The zero-order valence-electron chi connectivity index (χ0n) is 10.8. The van der Waals surface area contributed by atoms with Crippen molar-refractivity contribution in [2.45, 2.75) is 25.8 Å². The highest BCUT2D eigenvalue weighted by Gasteiger charge is 2.17. The van der Waals surface area contributed by atoms with Crippen molar-refractivity contribution in [2.24, 2.45) is 5.73 Å². The first kappa shape index (κ1) is 14.3. The van der Waals surface area contributed by atoms with Crippen molar-refractivity contribution in [1.82, 2.24) is 9.80 Å². The quantitative estimate of drug-likeness (QED) is 0.728. The van der Waals surface area contributed by atoms with Gasteiger partial charge in [-0.25, -0.2) is 0 Å². The van der Waals surface area contributed by atoms with Crippen LogP contribution in [0.15, 0.2) is 0 Å². The SMILES string of the molecule is CCCN1CCN(CC(N)CCSC)CC1. The Morgan fingerprint density at radius 1 is 1.19 bits per heavy atom. The Hall–Kier alpha value is 0.230. The molecule has 4 heteroatoms. The van der Waals surface area contributed by atoms with Gasteiger partial charge in [0.15, 0.2) is 0 Å². The highest BCUT2D eigenvalue weighted by molar-refractivity contribution is 7.98. The van der Waals surface area contributed by atoms with Crippen molar-refractivity contribution in [3.05, 3.63) is 0 Å². The van der Waals surface area contributed by atoms with Gasteiger partial charge < -0.3 is 10.6 Å². The number of nitrogens with two attached hydrogens (primary N) is 1. The average Bonchev–Trinajstić information content (AvgIpc) is 2.29. The fraction of sp³-hybridized carbons (Fsp3) is 1.00. The van der Waals surface area contributed by atoms with Gasteiger partial charge in [0.05, 0.1) is 0 Å². The van der Waals surface area contributed by atoms with Crippen molar-refractivity contribution >= 4 is 11.8 Å². The van der Waals surface area contributed by atoms with E-state index in [-0.39, 0.29) is 0 Å². The molecular weight excluding hydrogens is 218 g/mol. The molecule has 1 atom stereocenters. The normalized spacial score (nSPS) is 21.2. The highest BCUT2D eigenvalue weighted by atomic mass is 32.2. The van der Waals surface area contributed by atoms with Gasteiger partial charge in [-0.05, 0) is 31.4 Å². The van der Waals surface area contributed by atoms with Crippen LogP contribution in [0.1, 0.15) is 19.8 Å². The van der Waals surface area contributed by atoms with Crippen molar-refractivity contribution in [2.75, 3.05) is 51.3 Å². The molecule has 0 amide bonds. The molecule has 1 aliphatic heterocycles. The van der Waals surface area contributed by atoms with Gasteiger partial charge in [0, 0.05) is 38.8 Å². The second-order valence-electron chi connectivity index (χ2n) is 4.68. The van der Waals surface area contributed by atoms with Gasteiger partial charge in [0.25, 0.3) is 0 Å². The molecule has 0 bridgehead atoms. The number of hydrogen-bond donors (Lipinski definition) is 1. The third-order valence-electron chi connectivity index (χ3n) is 3.19. The Morgan fingerprint density at radius 3 is 2.38 bits per heavy atom. The minimum absolute atomic E-state index is 0.366. The highest BCUT2D eigenvalue weighted by Crippen LogP contribution is 2.05. The van der Waals surface area contributed by atoms with Crippen LogP contribution in [0.5, 0.6) is 0 Å². The predicted octanol–water partition coefficient (Wildman–Crippen LogP) is 1.09. The summed E-state index contributed by atoms with van der Waals surface area (Å²) in [5.74, 6) is 1.19. The summed E-state index contributed by atoms with van der Waals surface area (Å²) in [5.41, 5.74) is 6.12. The Bertz CT molecular complexity index is 170. The topological polar surface area (TPSA) is 32.5 Å². The molecule has 1 unspecified atom stereocenters. The van der Waals surface area contributed by atoms with E-state index in [1.165, 1.54) is 44.9 Å². The lowest BCUT2D eigenvalue weighted by Crippen LogP contribution is -2.49. The molecule has 0 spiro atoms. The maximum atomic E-state index is 6.12. The summed E-state index contributed by atoms with van der Waals surface area (Å²) in [5, 5.41) is 0. The molecule has 3 nitrogen and oxygen atoms in total. The van der Waals surface area contributed by atoms with Gasteiger partial charge in [0.1, 0.15) is 0 Å². The number of rotatable bonds is 7. The van der Waals surface area contributed by atoms with Gasteiger partial charge >= 0.3 is 0 Å². The van der Waals surface area contributed by atoms with Crippen LogP contribution in [0.3, 0.4) is 0 Å². The third-order valence-corrected chi connectivity index (χ3v) is 3.83. The third kappa shape index (κ3) is 5.53. The van der Waals surface area contributed by atoms with E-state index < -0.39 is 0 Å². The molecule has 96 valence electrons. The lowest BCUT2D eigenvalue weighted by molar-refractivity contribution is 0.127. The molecule has 0 aromatic carbocycles. The van der Waals surface area contributed by atoms with Crippen LogP contribution in [-0.2, 0) is 0 Å². The summed E-state index contributed by atoms with van der Waals surface area (Å²) in [6, 6.07) is 0.366. The Labute approximate surface area is 105 Å². The van der Waals surface area contributed by atoms with E-state index >= 15 is 0 Å². The van der Waals surface area contributed by atoms with E-state index in [0.29, 0.717) is 6.04 Å². The maximum Gasteiger partial charge on any atom is 0.0175 e. The Morgan fingerprint density at radius 2 is 1.81 bits per heavy atom. The van der Waals surface area contributed by atoms with Crippen LogP contribution in [0, 0.1) is 0 Å². The molecule has 1 fully saturated rings. The first-order valence-corrected chi connectivity index (χ1v) is 7.85. The Balaban J connectivity index is 2.11. The fourth-order valence-electron chi connectivity index (χ4n) is 2.20. The van der Waals surface area contributed by atoms with E-state index in [1.807, 2.05) is 11.8 Å². The summed E-state index contributed by atoms with van der Waals surface area (Å²) in [7, 11) is 0. The number of nitrogens with zero attached hydrogens (tertiary/aromatic N) is 2. The predicted molar refractivity (Wildman–Crippen MR) is 74.1 cm³/mol. The van der Waals surface area contributed by atoms with E-state index in [1.54, 1.807) is 0 Å². The monoisotopic (exact) mass is 245 g/mol. The first-order chi connectivity index (χ1) is 7.76. The number of piperazine rings is 1. The summed E-state index contributed by atoms with van der Waals surface area (Å²) in [4.78, 5) is 5.08. The smallest absolute Gasteiger partial charge is 0.0175 e. The van der Waals surface area contributed by atoms with Crippen LogP contribution < -0.4 is 5.73 Å². The molecular formula is C12H27N3S. The Kier molecular flexibility index (Phi) is 7.45. The van der Waals surface area contributed by atoms with Gasteiger partial charge in [-0.15, -0.1) is 0 Å². The molecule has 2 N–H and O–H groups in total. The fourth-order valence-corrected chi connectivity index (χ4v) is 2.74. The van der Waals surface area contributed by atoms with E-state index in [0.717, 1.165) is 13.0 Å². The van der Waals surface area contributed by atoms with Crippen LogP contribution in [0.4, 0.5) is 0 Å². The molecule has 1 aliphatic rings. The largest absolute Gasteiger partial charge is 0.327 e. The second kappa shape index (κ2) is 8.34.